The predicted octanol–water partition coefficient (Wildman–Crippen LogP) is 3.21. The summed E-state index contributed by atoms with van der Waals surface area (Å²) in [6.07, 6.45) is 6.86. The van der Waals surface area contributed by atoms with E-state index >= 15 is 0 Å². The molecule has 18 heavy (non-hydrogen) atoms. The van der Waals surface area contributed by atoms with Gasteiger partial charge in [0.15, 0.2) is 5.78 Å². The molecule has 1 unspecified atom stereocenters. The summed E-state index contributed by atoms with van der Waals surface area (Å²) in [5, 5.41) is 0.613. The SMILES string of the molecule is CCOC(=O)C(CC)C(=O)CSC1CCCCC1. The number of thioether (sulfide) groups is 1. The van der Waals surface area contributed by atoms with Crippen molar-refractivity contribution in [1.82, 2.24) is 0 Å². The van der Waals surface area contributed by atoms with Crippen LogP contribution in [0, 0.1) is 5.92 Å². The maximum Gasteiger partial charge on any atom is 0.316 e. The molecule has 0 spiro atoms. The Hall–Kier alpha value is -0.510. The van der Waals surface area contributed by atoms with E-state index in [1.807, 2.05) is 6.92 Å². The third-order valence-corrected chi connectivity index (χ3v) is 4.78. The second-order valence-electron chi connectivity index (χ2n) is 4.75. The third kappa shape index (κ3) is 5.01. The molecule has 1 rings (SSSR count). The first-order valence-corrected chi connectivity index (χ1v) is 8.04. The van der Waals surface area contributed by atoms with Crippen LogP contribution in [-0.2, 0) is 14.3 Å². The van der Waals surface area contributed by atoms with E-state index in [0.717, 1.165) is 0 Å². The molecule has 0 amide bonds. The van der Waals surface area contributed by atoms with Crippen molar-refractivity contribution >= 4 is 23.5 Å². The second-order valence-corrected chi connectivity index (χ2v) is 6.04. The smallest absolute Gasteiger partial charge is 0.316 e. The maximum atomic E-state index is 12.0. The predicted molar refractivity (Wildman–Crippen MR) is 74.8 cm³/mol. The molecule has 0 saturated heterocycles. The number of hydrogen-bond donors (Lipinski definition) is 0. The zero-order chi connectivity index (χ0) is 13.4. The Kier molecular flexibility index (Phi) is 7.40. The quantitative estimate of drug-likeness (QED) is 0.527. The van der Waals surface area contributed by atoms with Crippen molar-refractivity contribution in [3.8, 4) is 0 Å². The van der Waals surface area contributed by atoms with Crippen molar-refractivity contribution in [2.75, 3.05) is 12.4 Å². The topological polar surface area (TPSA) is 43.4 Å². The number of esters is 1. The van der Waals surface area contributed by atoms with Crippen LogP contribution >= 0.6 is 11.8 Å². The lowest BCUT2D eigenvalue weighted by atomic mass is 10.0. The molecule has 4 heteroatoms. The Morgan fingerprint density at radius 1 is 1.22 bits per heavy atom. The van der Waals surface area contributed by atoms with Gasteiger partial charge in [0.2, 0.25) is 0 Å². The van der Waals surface area contributed by atoms with Crippen molar-refractivity contribution < 1.29 is 14.3 Å². The van der Waals surface area contributed by atoms with Gasteiger partial charge < -0.3 is 4.74 Å². The van der Waals surface area contributed by atoms with E-state index in [9.17, 15) is 9.59 Å². The summed E-state index contributed by atoms with van der Waals surface area (Å²) >= 11 is 1.73. The van der Waals surface area contributed by atoms with Crippen LogP contribution in [0.15, 0.2) is 0 Å². The van der Waals surface area contributed by atoms with Gasteiger partial charge >= 0.3 is 5.97 Å². The van der Waals surface area contributed by atoms with Crippen molar-refractivity contribution in [2.45, 2.75) is 57.6 Å². The fourth-order valence-electron chi connectivity index (χ4n) is 2.30. The molecule has 104 valence electrons. The van der Waals surface area contributed by atoms with Crippen LogP contribution in [0.4, 0.5) is 0 Å². The van der Waals surface area contributed by atoms with Crippen LogP contribution in [0.2, 0.25) is 0 Å². The van der Waals surface area contributed by atoms with Crippen LogP contribution < -0.4 is 0 Å². The molecule has 0 aromatic carbocycles. The van der Waals surface area contributed by atoms with Crippen molar-refractivity contribution in [2.24, 2.45) is 5.92 Å². The Balaban J connectivity index is 2.34. The lowest BCUT2D eigenvalue weighted by Gasteiger charge is -2.21. The minimum atomic E-state index is -0.555. The van der Waals surface area contributed by atoms with Gasteiger partial charge in [0.1, 0.15) is 5.92 Å². The largest absolute Gasteiger partial charge is 0.465 e. The van der Waals surface area contributed by atoms with Gasteiger partial charge in [0.05, 0.1) is 12.4 Å². The highest BCUT2D eigenvalue weighted by atomic mass is 32.2. The summed E-state index contributed by atoms with van der Waals surface area (Å²) in [4.78, 5) is 23.6. The molecule has 1 atom stereocenters. The maximum absolute atomic E-state index is 12.0. The number of ether oxygens (including phenoxy) is 1. The van der Waals surface area contributed by atoms with Crippen LogP contribution in [0.3, 0.4) is 0 Å². The van der Waals surface area contributed by atoms with Gasteiger partial charge in [-0.2, -0.15) is 11.8 Å². The van der Waals surface area contributed by atoms with E-state index in [1.54, 1.807) is 18.7 Å². The van der Waals surface area contributed by atoms with Crippen LogP contribution in [-0.4, -0.2) is 29.4 Å². The van der Waals surface area contributed by atoms with Gasteiger partial charge in [0.25, 0.3) is 0 Å². The Labute approximate surface area is 114 Å². The molecule has 0 aromatic heterocycles. The Morgan fingerprint density at radius 2 is 1.89 bits per heavy atom. The normalized spacial score (nSPS) is 18.3. The average Bonchev–Trinajstić information content (AvgIpc) is 2.39. The van der Waals surface area contributed by atoms with Gasteiger partial charge in [-0.05, 0) is 26.2 Å². The highest BCUT2D eigenvalue weighted by Gasteiger charge is 2.26. The summed E-state index contributed by atoms with van der Waals surface area (Å²) < 4.78 is 4.94. The van der Waals surface area contributed by atoms with Gasteiger partial charge in [-0.25, -0.2) is 0 Å². The van der Waals surface area contributed by atoms with E-state index in [0.29, 0.717) is 24.0 Å². The molecular weight excluding hydrogens is 248 g/mol. The minimum absolute atomic E-state index is 0.0338. The molecule has 0 aliphatic heterocycles. The number of carbonyl (C=O) groups excluding carboxylic acids is 2. The van der Waals surface area contributed by atoms with Gasteiger partial charge in [-0.1, -0.05) is 26.2 Å². The second kappa shape index (κ2) is 8.57. The number of hydrogen-bond acceptors (Lipinski definition) is 4. The summed E-state index contributed by atoms with van der Waals surface area (Å²) in [7, 11) is 0. The fourth-order valence-corrected chi connectivity index (χ4v) is 3.57. The van der Waals surface area contributed by atoms with E-state index in [-0.39, 0.29) is 11.8 Å². The minimum Gasteiger partial charge on any atom is -0.465 e. The zero-order valence-electron chi connectivity index (χ0n) is 11.4. The highest BCUT2D eigenvalue weighted by Crippen LogP contribution is 2.28. The highest BCUT2D eigenvalue weighted by molar-refractivity contribution is 8.00. The molecule has 0 aromatic rings. The first-order valence-electron chi connectivity index (χ1n) is 7.00. The Bertz CT molecular complexity index is 272. The van der Waals surface area contributed by atoms with E-state index in [2.05, 4.69) is 0 Å². The van der Waals surface area contributed by atoms with Gasteiger partial charge in [0, 0.05) is 5.25 Å². The number of ketones is 1. The summed E-state index contributed by atoms with van der Waals surface area (Å²) in [5.74, 6) is -0.413. The van der Waals surface area contributed by atoms with Crippen LogP contribution in [0.5, 0.6) is 0 Å². The van der Waals surface area contributed by atoms with Crippen molar-refractivity contribution in [3.05, 3.63) is 0 Å². The zero-order valence-corrected chi connectivity index (χ0v) is 12.3. The van der Waals surface area contributed by atoms with Gasteiger partial charge in [-0.15, -0.1) is 0 Å². The van der Waals surface area contributed by atoms with Crippen LogP contribution in [0.1, 0.15) is 52.4 Å². The van der Waals surface area contributed by atoms with Crippen LogP contribution in [0.25, 0.3) is 0 Å². The molecular formula is C14H24O3S. The molecule has 1 fully saturated rings. The molecule has 0 N–H and O–H groups in total. The fraction of sp³-hybridized carbons (Fsp3) is 0.857. The first-order chi connectivity index (χ1) is 8.69. The molecule has 0 bridgehead atoms. The Morgan fingerprint density at radius 3 is 2.44 bits per heavy atom. The standard InChI is InChI=1S/C14H24O3S/c1-3-12(14(16)17-4-2)13(15)10-18-11-8-6-5-7-9-11/h11-12H,3-10H2,1-2H3. The number of carbonyl (C=O) groups is 2. The molecule has 3 nitrogen and oxygen atoms in total. The first kappa shape index (κ1) is 15.5. The summed E-state index contributed by atoms with van der Waals surface area (Å²) in [5.41, 5.74) is 0. The van der Waals surface area contributed by atoms with Crippen molar-refractivity contribution in [1.29, 1.82) is 0 Å². The molecule has 0 radical (unpaired) electrons. The molecule has 1 aliphatic rings. The monoisotopic (exact) mass is 272 g/mol. The summed E-state index contributed by atoms with van der Waals surface area (Å²) in [6.45, 7) is 3.98. The van der Waals surface area contributed by atoms with Gasteiger partial charge in [-0.3, -0.25) is 9.59 Å². The molecule has 1 saturated carbocycles. The lowest BCUT2D eigenvalue weighted by Crippen LogP contribution is -2.27. The van der Waals surface area contributed by atoms with E-state index in [4.69, 9.17) is 4.74 Å². The average molecular weight is 272 g/mol. The molecule has 0 heterocycles. The van der Waals surface area contributed by atoms with Crippen molar-refractivity contribution in [3.63, 3.8) is 0 Å². The lowest BCUT2D eigenvalue weighted by molar-refractivity contribution is -0.151. The number of Topliss-reactive ketones (excluding diaryl/α,β-unsaturated/α-hetero) is 1. The summed E-state index contributed by atoms with van der Waals surface area (Å²) in [6, 6.07) is 0. The molecule has 1 aliphatic carbocycles. The van der Waals surface area contributed by atoms with E-state index in [1.165, 1.54) is 32.1 Å². The number of rotatable bonds is 7. The third-order valence-electron chi connectivity index (χ3n) is 3.38. The van der Waals surface area contributed by atoms with E-state index < -0.39 is 5.92 Å².